The molecule has 0 amide bonds. The Morgan fingerprint density at radius 1 is 1.21 bits per heavy atom. The van der Waals surface area contributed by atoms with Gasteiger partial charge in [-0.2, -0.15) is 0 Å². The van der Waals surface area contributed by atoms with Crippen molar-refractivity contribution in [1.82, 2.24) is 4.98 Å². The molecule has 2 N–H and O–H groups in total. The van der Waals surface area contributed by atoms with E-state index in [-0.39, 0.29) is 13.2 Å². The Hall–Kier alpha value is -2.01. The standard InChI is InChI=1S/C14H14F2N2O/c1-9-3-2-4-11(18-9)8-19-14-12(15)5-10(7-17)6-13(14)16/h2-6H,7-8,17H2,1H3. The van der Waals surface area contributed by atoms with Gasteiger partial charge in [-0.25, -0.2) is 8.78 Å². The highest BCUT2D eigenvalue weighted by molar-refractivity contribution is 5.31. The van der Waals surface area contributed by atoms with Crippen molar-refractivity contribution in [3.63, 3.8) is 0 Å². The van der Waals surface area contributed by atoms with Crippen LogP contribution in [0.25, 0.3) is 0 Å². The van der Waals surface area contributed by atoms with Crippen LogP contribution in [0.1, 0.15) is 17.0 Å². The number of hydrogen-bond donors (Lipinski definition) is 1. The summed E-state index contributed by atoms with van der Waals surface area (Å²) < 4.78 is 32.4. The van der Waals surface area contributed by atoms with E-state index in [0.717, 1.165) is 5.69 Å². The molecule has 19 heavy (non-hydrogen) atoms. The van der Waals surface area contributed by atoms with Crippen molar-refractivity contribution in [2.75, 3.05) is 0 Å². The number of pyridine rings is 1. The Morgan fingerprint density at radius 2 is 1.89 bits per heavy atom. The average Bonchev–Trinajstić information content (AvgIpc) is 2.37. The molecule has 1 heterocycles. The van der Waals surface area contributed by atoms with E-state index in [1.165, 1.54) is 12.1 Å². The van der Waals surface area contributed by atoms with Gasteiger partial charge in [-0.05, 0) is 36.8 Å². The van der Waals surface area contributed by atoms with Crippen molar-refractivity contribution >= 4 is 0 Å². The van der Waals surface area contributed by atoms with Crippen molar-refractivity contribution in [2.45, 2.75) is 20.1 Å². The Morgan fingerprint density at radius 3 is 2.47 bits per heavy atom. The van der Waals surface area contributed by atoms with Crippen molar-refractivity contribution in [3.8, 4) is 5.75 Å². The van der Waals surface area contributed by atoms with Crippen LogP contribution in [-0.4, -0.2) is 4.98 Å². The smallest absolute Gasteiger partial charge is 0.191 e. The van der Waals surface area contributed by atoms with Gasteiger partial charge in [0, 0.05) is 12.2 Å². The topological polar surface area (TPSA) is 48.1 Å². The number of aryl methyl sites for hydroxylation is 1. The van der Waals surface area contributed by atoms with Gasteiger partial charge in [0.15, 0.2) is 17.4 Å². The first-order chi connectivity index (χ1) is 9.10. The molecule has 5 heteroatoms. The van der Waals surface area contributed by atoms with Crippen molar-refractivity contribution in [3.05, 3.63) is 58.9 Å². The molecule has 100 valence electrons. The summed E-state index contributed by atoms with van der Waals surface area (Å²) in [6.45, 7) is 1.92. The molecule has 3 nitrogen and oxygen atoms in total. The second-order valence-electron chi connectivity index (χ2n) is 4.15. The predicted molar refractivity (Wildman–Crippen MR) is 67.6 cm³/mol. The van der Waals surface area contributed by atoms with Crippen LogP contribution in [0.15, 0.2) is 30.3 Å². The van der Waals surface area contributed by atoms with Crippen LogP contribution in [0.3, 0.4) is 0 Å². The highest BCUT2D eigenvalue weighted by Gasteiger charge is 2.12. The van der Waals surface area contributed by atoms with E-state index >= 15 is 0 Å². The molecule has 0 saturated heterocycles. The van der Waals surface area contributed by atoms with Crippen LogP contribution in [-0.2, 0) is 13.2 Å². The van der Waals surface area contributed by atoms with E-state index in [0.29, 0.717) is 11.3 Å². The second-order valence-corrected chi connectivity index (χ2v) is 4.15. The molecule has 0 spiro atoms. The van der Waals surface area contributed by atoms with Crippen LogP contribution < -0.4 is 10.5 Å². The fourth-order valence-corrected chi connectivity index (χ4v) is 1.69. The Balaban J connectivity index is 2.16. The summed E-state index contributed by atoms with van der Waals surface area (Å²) in [7, 11) is 0. The molecule has 0 saturated carbocycles. The van der Waals surface area contributed by atoms with Gasteiger partial charge in [0.25, 0.3) is 0 Å². The van der Waals surface area contributed by atoms with Gasteiger partial charge >= 0.3 is 0 Å². The minimum atomic E-state index is -0.756. The zero-order chi connectivity index (χ0) is 13.8. The Kier molecular flexibility index (Phi) is 4.06. The molecule has 2 rings (SSSR count). The summed E-state index contributed by atoms with van der Waals surface area (Å²) in [6.07, 6.45) is 0. The van der Waals surface area contributed by atoms with Crippen LogP contribution >= 0.6 is 0 Å². The van der Waals surface area contributed by atoms with E-state index in [2.05, 4.69) is 4.98 Å². The molecule has 0 aliphatic carbocycles. The van der Waals surface area contributed by atoms with Gasteiger partial charge in [-0.3, -0.25) is 4.98 Å². The van der Waals surface area contributed by atoms with Crippen molar-refractivity contribution in [2.24, 2.45) is 5.73 Å². The third-order valence-electron chi connectivity index (χ3n) is 2.60. The van der Waals surface area contributed by atoms with Gasteiger partial charge in [0.2, 0.25) is 0 Å². The highest BCUT2D eigenvalue weighted by atomic mass is 19.1. The molecule has 2 aromatic rings. The number of aromatic nitrogens is 1. The SMILES string of the molecule is Cc1cccc(COc2c(F)cc(CN)cc2F)n1. The lowest BCUT2D eigenvalue weighted by Crippen LogP contribution is -2.04. The molecular weight excluding hydrogens is 250 g/mol. The summed E-state index contributed by atoms with van der Waals surface area (Å²) in [6, 6.07) is 7.72. The number of nitrogens with zero attached hydrogens (tertiary/aromatic N) is 1. The fourth-order valence-electron chi connectivity index (χ4n) is 1.69. The zero-order valence-corrected chi connectivity index (χ0v) is 10.5. The average molecular weight is 264 g/mol. The summed E-state index contributed by atoms with van der Waals surface area (Å²) in [5.41, 5.74) is 7.15. The van der Waals surface area contributed by atoms with E-state index in [1.54, 1.807) is 6.07 Å². The van der Waals surface area contributed by atoms with Crippen molar-refractivity contribution < 1.29 is 13.5 Å². The first kappa shape index (κ1) is 13.4. The molecule has 0 fully saturated rings. The lowest BCUT2D eigenvalue weighted by molar-refractivity contribution is 0.269. The largest absolute Gasteiger partial charge is 0.481 e. The Labute approximate surface area is 110 Å². The molecule has 1 aromatic carbocycles. The maximum atomic E-state index is 13.6. The van der Waals surface area contributed by atoms with Crippen LogP contribution in [0.5, 0.6) is 5.75 Å². The lowest BCUT2D eigenvalue weighted by atomic mass is 10.2. The minimum absolute atomic E-state index is 0.0114. The van der Waals surface area contributed by atoms with Gasteiger partial charge in [0.1, 0.15) is 6.61 Å². The Bertz CT molecular complexity index is 564. The van der Waals surface area contributed by atoms with E-state index in [4.69, 9.17) is 10.5 Å². The molecule has 0 bridgehead atoms. The molecule has 0 unspecified atom stereocenters. The molecule has 0 aliphatic heterocycles. The number of halogens is 2. The third-order valence-corrected chi connectivity index (χ3v) is 2.60. The van der Waals surface area contributed by atoms with Crippen LogP contribution in [0.2, 0.25) is 0 Å². The molecule has 0 radical (unpaired) electrons. The molecule has 0 aliphatic rings. The second kappa shape index (κ2) is 5.75. The molecular formula is C14H14F2N2O. The quantitative estimate of drug-likeness (QED) is 0.923. The number of hydrogen-bond acceptors (Lipinski definition) is 3. The lowest BCUT2D eigenvalue weighted by Gasteiger charge is -2.09. The number of ether oxygens (including phenoxy) is 1. The first-order valence-corrected chi connectivity index (χ1v) is 5.83. The predicted octanol–water partition coefficient (Wildman–Crippen LogP) is 2.71. The third kappa shape index (κ3) is 3.26. The number of rotatable bonds is 4. The fraction of sp³-hybridized carbons (Fsp3) is 0.214. The van der Waals surface area contributed by atoms with Crippen LogP contribution in [0, 0.1) is 18.6 Å². The maximum absolute atomic E-state index is 13.6. The van der Waals surface area contributed by atoms with Gasteiger partial charge < -0.3 is 10.5 Å². The number of benzene rings is 1. The summed E-state index contributed by atoms with van der Waals surface area (Å²) >= 11 is 0. The molecule has 0 atom stereocenters. The number of nitrogens with two attached hydrogens (primary N) is 1. The van der Waals surface area contributed by atoms with Gasteiger partial charge in [0.05, 0.1) is 5.69 Å². The van der Waals surface area contributed by atoms with Crippen LogP contribution in [0.4, 0.5) is 8.78 Å². The summed E-state index contributed by atoms with van der Waals surface area (Å²) in [5, 5.41) is 0. The highest BCUT2D eigenvalue weighted by Crippen LogP contribution is 2.24. The maximum Gasteiger partial charge on any atom is 0.191 e. The first-order valence-electron chi connectivity index (χ1n) is 5.83. The van der Waals surface area contributed by atoms with E-state index in [1.807, 2.05) is 19.1 Å². The van der Waals surface area contributed by atoms with Gasteiger partial charge in [-0.15, -0.1) is 0 Å². The van der Waals surface area contributed by atoms with Crippen molar-refractivity contribution in [1.29, 1.82) is 0 Å². The van der Waals surface area contributed by atoms with E-state index < -0.39 is 17.4 Å². The summed E-state index contributed by atoms with van der Waals surface area (Å²) in [4.78, 5) is 4.19. The minimum Gasteiger partial charge on any atom is -0.481 e. The monoisotopic (exact) mass is 264 g/mol. The van der Waals surface area contributed by atoms with E-state index in [9.17, 15) is 8.78 Å². The summed E-state index contributed by atoms with van der Waals surface area (Å²) in [5.74, 6) is -1.92. The zero-order valence-electron chi connectivity index (χ0n) is 10.5. The normalized spacial score (nSPS) is 10.5. The molecule has 1 aromatic heterocycles. The van der Waals surface area contributed by atoms with Gasteiger partial charge in [-0.1, -0.05) is 6.07 Å².